The van der Waals surface area contributed by atoms with E-state index in [1.165, 1.54) is 0 Å². The molecule has 2 aliphatic heterocycles. The summed E-state index contributed by atoms with van der Waals surface area (Å²) in [5.74, 6) is 0. The normalized spacial score (nSPS) is 45.3. The summed E-state index contributed by atoms with van der Waals surface area (Å²) in [5.41, 5.74) is 0. The number of hydrogen-bond acceptors (Lipinski definition) is 5. The number of rotatable bonds is 1. The van der Waals surface area contributed by atoms with Crippen molar-refractivity contribution >= 4 is 17.4 Å². The Kier molecular flexibility index (Phi) is 1.91. The molecule has 0 amide bonds. The van der Waals surface area contributed by atoms with Crippen LogP contribution in [0.1, 0.15) is 0 Å². The van der Waals surface area contributed by atoms with Crippen LogP contribution in [0.25, 0.3) is 0 Å². The zero-order valence-corrected chi connectivity index (χ0v) is 6.95. The Morgan fingerprint density at radius 3 is 2.92 bits per heavy atom. The van der Waals surface area contributed by atoms with Crippen molar-refractivity contribution < 1.29 is 19.7 Å². The van der Waals surface area contributed by atoms with Crippen LogP contribution in [0.3, 0.4) is 0 Å². The highest BCUT2D eigenvalue weighted by molar-refractivity contribution is 7.80. The van der Waals surface area contributed by atoms with Gasteiger partial charge in [-0.3, -0.25) is 0 Å². The largest absolute Gasteiger partial charge is 0.460 e. The third-order valence-electron chi connectivity index (χ3n) is 2.02. The van der Waals surface area contributed by atoms with Gasteiger partial charge in [-0.25, -0.2) is 0 Å². The predicted molar refractivity (Wildman–Crippen MR) is 42.4 cm³/mol. The quantitative estimate of drug-likeness (QED) is 0.431. The minimum Gasteiger partial charge on any atom is -0.460 e. The van der Waals surface area contributed by atoms with Crippen molar-refractivity contribution in [2.24, 2.45) is 0 Å². The van der Waals surface area contributed by atoms with Crippen molar-refractivity contribution in [3.8, 4) is 0 Å². The van der Waals surface area contributed by atoms with Crippen molar-refractivity contribution in [3.05, 3.63) is 0 Å². The second-order valence-electron chi connectivity index (χ2n) is 2.78. The molecule has 2 aliphatic rings. The summed E-state index contributed by atoms with van der Waals surface area (Å²) in [6.45, 7) is -0.216. The van der Waals surface area contributed by atoms with Gasteiger partial charge < -0.3 is 25.0 Å². The molecule has 0 saturated carbocycles. The van der Waals surface area contributed by atoms with E-state index in [2.05, 4.69) is 5.32 Å². The summed E-state index contributed by atoms with van der Waals surface area (Å²) in [4.78, 5) is 0. The molecule has 2 heterocycles. The molecular weight excluding hydrogens is 182 g/mol. The third kappa shape index (κ3) is 1.08. The Bertz CT molecular complexity index is 212. The van der Waals surface area contributed by atoms with Crippen LogP contribution < -0.4 is 5.32 Å². The first-order valence-electron chi connectivity index (χ1n) is 3.64. The average Bonchev–Trinajstić information content (AvgIpc) is 2.51. The number of thiocarbonyl (C=S) groups is 1. The molecule has 0 aromatic rings. The standard InChI is InChI=1S/C6H9NO4S/c8-1-2-3(9)4-5(10-2)7-6(12)11-4/h2-5,8-9H,1H2,(H,7,12)/t2-,3-,4+,5-/m1/s1. The highest BCUT2D eigenvalue weighted by atomic mass is 32.1. The van der Waals surface area contributed by atoms with Gasteiger partial charge in [-0.15, -0.1) is 0 Å². The highest BCUT2D eigenvalue weighted by Gasteiger charge is 2.49. The maximum Gasteiger partial charge on any atom is 0.259 e. The summed E-state index contributed by atoms with van der Waals surface area (Å²) in [6.07, 6.45) is -2.28. The molecule has 0 aromatic heterocycles. The number of aliphatic hydroxyl groups is 2. The monoisotopic (exact) mass is 191 g/mol. The van der Waals surface area contributed by atoms with Crippen LogP contribution in [0.15, 0.2) is 0 Å². The minimum atomic E-state index is -0.812. The van der Waals surface area contributed by atoms with Gasteiger partial charge in [0.05, 0.1) is 6.61 Å². The number of hydrogen-bond donors (Lipinski definition) is 3. The van der Waals surface area contributed by atoms with Crippen molar-refractivity contribution in [2.45, 2.75) is 24.5 Å². The Balaban J connectivity index is 2.08. The fourth-order valence-electron chi connectivity index (χ4n) is 1.41. The molecule has 68 valence electrons. The first-order chi connectivity index (χ1) is 5.72. The van der Waals surface area contributed by atoms with Crippen LogP contribution in [0, 0.1) is 0 Å². The predicted octanol–water partition coefficient (Wildman–Crippen LogP) is -1.66. The lowest BCUT2D eigenvalue weighted by Gasteiger charge is -2.13. The molecule has 5 nitrogen and oxygen atoms in total. The number of aliphatic hydroxyl groups excluding tert-OH is 2. The molecular formula is C6H9NO4S. The highest BCUT2D eigenvalue weighted by Crippen LogP contribution is 2.26. The molecule has 0 aliphatic carbocycles. The molecule has 0 bridgehead atoms. The molecule has 3 N–H and O–H groups in total. The summed E-state index contributed by atoms with van der Waals surface area (Å²) >= 11 is 4.71. The van der Waals surface area contributed by atoms with Crippen molar-refractivity contribution in [1.29, 1.82) is 0 Å². The first-order valence-corrected chi connectivity index (χ1v) is 4.04. The third-order valence-corrected chi connectivity index (χ3v) is 2.23. The van der Waals surface area contributed by atoms with Gasteiger partial charge in [0.2, 0.25) is 0 Å². The van der Waals surface area contributed by atoms with Gasteiger partial charge in [-0.2, -0.15) is 0 Å². The first kappa shape index (κ1) is 8.18. The lowest BCUT2D eigenvalue weighted by molar-refractivity contribution is -0.0263. The van der Waals surface area contributed by atoms with Gasteiger partial charge in [-0.1, -0.05) is 0 Å². The molecule has 0 spiro atoms. The van der Waals surface area contributed by atoms with Crippen LogP contribution in [0.4, 0.5) is 0 Å². The van der Waals surface area contributed by atoms with E-state index in [9.17, 15) is 5.11 Å². The van der Waals surface area contributed by atoms with Crippen molar-refractivity contribution in [1.82, 2.24) is 5.32 Å². The van der Waals surface area contributed by atoms with Crippen molar-refractivity contribution in [3.63, 3.8) is 0 Å². The van der Waals surface area contributed by atoms with Crippen molar-refractivity contribution in [2.75, 3.05) is 6.61 Å². The van der Waals surface area contributed by atoms with Gasteiger partial charge in [-0.05, 0) is 12.2 Å². The van der Waals surface area contributed by atoms with E-state index in [-0.39, 0.29) is 11.8 Å². The molecule has 4 atom stereocenters. The Hall–Kier alpha value is -0.430. The van der Waals surface area contributed by atoms with E-state index in [0.717, 1.165) is 0 Å². The van der Waals surface area contributed by atoms with E-state index >= 15 is 0 Å². The lowest BCUT2D eigenvalue weighted by atomic mass is 10.1. The number of nitrogens with one attached hydrogen (secondary N) is 1. The second kappa shape index (κ2) is 2.81. The number of ether oxygens (including phenoxy) is 2. The molecule has 6 heteroatoms. The summed E-state index contributed by atoms with van der Waals surface area (Å²) in [7, 11) is 0. The van der Waals surface area contributed by atoms with Crippen LogP contribution in [-0.4, -0.2) is 46.5 Å². The van der Waals surface area contributed by atoms with E-state index in [1.54, 1.807) is 0 Å². The van der Waals surface area contributed by atoms with Crippen LogP contribution in [-0.2, 0) is 9.47 Å². The molecule has 0 unspecified atom stereocenters. The Labute approximate surface area is 74.3 Å². The zero-order valence-electron chi connectivity index (χ0n) is 6.14. The zero-order chi connectivity index (χ0) is 8.72. The summed E-state index contributed by atoms with van der Waals surface area (Å²) in [5, 5.41) is 21.2. The Morgan fingerprint density at radius 1 is 1.58 bits per heavy atom. The van der Waals surface area contributed by atoms with Crippen LogP contribution in [0.5, 0.6) is 0 Å². The fraction of sp³-hybridized carbons (Fsp3) is 0.833. The summed E-state index contributed by atoms with van der Waals surface area (Å²) < 4.78 is 10.3. The van der Waals surface area contributed by atoms with Crippen LogP contribution >= 0.6 is 12.2 Å². The fourth-order valence-corrected chi connectivity index (χ4v) is 1.64. The van der Waals surface area contributed by atoms with Crippen LogP contribution in [0.2, 0.25) is 0 Å². The topological polar surface area (TPSA) is 71.0 Å². The smallest absolute Gasteiger partial charge is 0.259 e. The maximum atomic E-state index is 9.47. The lowest BCUT2D eigenvalue weighted by Crippen LogP contribution is -2.33. The summed E-state index contributed by atoms with van der Waals surface area (Å²) in [6, 6.07) is 0. The molecule has 0 aromatic carbocycles. The maximum absolute atomic E-state index is 9.47. The van der Waals surface area contributed by atoms with Gasteiger partial charge in [0, 0.05) is 0 Å². The van der Waals surface area contributed by atoms with Gasteiger partial charge >= 0.3 is 0 Å². The van der Waals surface area contributed by atoms with Gasteiger partial charge in [0.15, 0.2) is 12.3 Å². The van der Waals surface area contributed by atoms with Gasteiger partial charge in [0.1, 0.15) is 12.2 Å². The molecule has 12 heavy (non-hydrogen) atoms. The van der Waals surface area contributed by atoms with E-state index in [0.29, 0.717) is 0 Å². The average molecular weight is 191 g/mol. The van der Waals surface area contributed by atoms with Gasteiger partial charge in [0.25, 0.3) is 5.17 Å². The molecule has 2 fully saturated rings. The molecule has 0 radical (unpaired) electrons. The molecule has 2 rings (SSSR count). The number of fused-ring (bicyclic) bond motifs is 1. The second-order valence-corrected chi connectivity index (χ2v) is 3.15. The molecule has 2 saturated heterocycles. The van der Waals surface area contributed by atoms with E-state index in [1.807, 2.05) is 0 Å². The minimum absolute atomic E-state index is 0.216. The van der Waals surface area contributed by atoms with E-state index < -0.39 is 24.5 Å². The SMILES string of the molecule is OC[C@H]1O[C@H]2NC(=S)O[C@H]2[C@@H]1O. The van der Waals surface area contributed by atoms with E-state index in [4.69, 9.17) is 26.8 Å². The Morgan fingerprint density at radius 2 is 2.33 bits per heavy atom.